The molecule has 0 bridgehead atoms. The first-order valence-corrected chi connectivity index (χ1v) is 8.10. The van der Waals surface area contributed by atoms with Crippen LogP contribution >= 0.6 is 31.9 Å². The van der Waals surface area contributed by atoms with E-state index in [1.807, 2.05) is 19.9 Å². The molecule has 0 aliphatic heterocycles. The molecule has 0 saturated heterocycles. The van der Waals surface area contributed by atoms with Gasteiger partial charge >= 0.3 is 0 Å². The Balaban J connectivity index is 2.65. The molecule has 1 N–H and O–H groups in total. The third kappa shape index (κ3) is 5.81. The lowest BCUT2D eigenvalue weighted by Crippen LogP contribution is -2.26. The van der Waals surface area contributed by atoms with Crippen LogP contribution in [0.2, 0.25) is 0 Å². The number of halogens is 2. The van der Waals surface area contributed by atoms with Crippen LogP contribution in [0.3, 0.4) is 0 Å². The summed E-state index contributed by atoms with van der Waals surface area (Å²) in [5.74, 6) is 0.905. The number of ether oxygens (including phenoxy) is 2. The highest BCUT2D eigenvalue weighted by atomic mass is 79.9. The van der Waals surface area contributed by atoms with Gasteiger partial charge < -0.3 is 14.8 Å². The van der Waals surface area contributed by atoms with E-state index >= 15 is 0 Å². The molecule has 19 heavy (non-hydrogen) atoms. The topological polar surface area (TPSA) is 30.5 Å². The zero-order valence-electron chi connectivity index (χ0n) is 11.6. The third-order valence-electron chi connectivity index (χ3n) is 2.57. The molecule has 1 unspecified atom stereocenters. The molecule has 0 spiro atoms. The minimum atomic E-state index is 0.219. The van der Waals surface area contributed by atoms with Crippen molar-refractivity contribution in [2.75, 3.05) is 19.8 Å². The molecule has 0 radical (unpaired) electrons. The van der Waals surface area contributed by atoms with Gasteiger partial charge in [-0.15, -0.1) is 0 Å². The van der Waals surface area contributed by atoms with Gasteiger partial charge in [-0.05, 0) is 48.8 Å². The van der Waals surface area contributed by atoms with Crippen molar-refractivity contribution in [3.05, 3.63) is 26.6 Å². The Labute approximate surface area is 132 Å². The first kappa shape index (κ1) is 17.0. The average Bonchev–Trinajstić information content (AvgIpc) is 2.33. The molecule has 0 aromatic heterocycles. The molecular weight excluding hydrogens is 374 g/mol. The molecule has 1 aromatic carbocycles. The van der Waals surface area contributed by atoms with Crippen LogP contribution in [-0.2, 0) is 11.3 Å². The summed E-state index contributed by atoms with van der Waals surface area (Å²) < 4.78 is 13.2. The van der Waals surface area contributed by atoms with Crippen molar-refractivity contribution in [2.24, 2.45) is 0 Å². The second-order valence-electron chi connectivity index (χ2n) is 4.21. The zero-order valence-corrected chi connectivity index (χ0v) is 14.8. The Morgan fingerprint density at radius 3 is 2.58 bits per heavy atom. The second kappa shape index (κ2) is 8.95. The maximum absolute atomic E-state index is 5.69. The van der Waals surface area contributed by atoms with Crippen LogP contribution in [0.1, 0.15) is 26.3 Å². The summed E-state index contributed by atoms with van der Waals surface area (Å²) in [6.45, 7) is 9.04. The van der Waals surface area contributed by atoms with Crippen LogP contribution in [0.15, 0.2) is 21.1 Å². The number of hydrogen-bond donors (Lipinski definition) is 1. The Bertz CT molecular complexity index is 399. The Kier molecular flexibility index (Phi) is 7.99. The molecule has 1 rings (SSSR count). The average molecular weight is 395 g/mol. The second-order valence-corrected chi connectivity index (χ2v) is 5.98. The van der Waals surface area contributed by atoms with Crippen LogP contribution < -0.4 is 10.1 Å². The fourth-order valence-electron chi connectivity index (χ4n) is 1.80. The third-order valence-corrected chi connectivity index (χ3v) is 3.62. The fourth-order valence-corrected chi connectivity index (χ4v) is 3.23. The first-order valence-electron chi connectivity index (χ1n) is 6.51. The first-order chi connectivity index (χ1) is 9.08. The van der Waals surface area contributed by atoms with Gasteiger partial charge in [-0.2, -0.15) is 0 Å². The maximum atomic E-state index is 5.69. The van der Waals surface area contributed by atoms with Crippen molar-refractivity contribution in [3.63, 3.8) is 0 Å². The lowest BCUT2D eigenvalue weighted by molar-refractivity contribution is 0.0759. The van der Waals surface area contributed by atoms with Crippen LogP contribution in [0.25, 0.3) is 0 Å². The predicted octanol–water partition coefficient (Wildman–Crippen LogP) is 4.12. The number of hydrogen-bond acceptors (Lipinski definition) is 3. The van der Waals surface area contributed by atoms with E-state index in [-0.39, 0.29) is 6.10 Å². The summed E-state index contributed by atoms with van der Waals surface area (Å²) in [5, 5.41) is 3.39. The van der Waals surface area contributed by atoms with Crippen LogP contribution in [-0.4, -0.2) is 25.9 Å². The van der Waals surface area contributed by atoms with E-state index in [1.165, 1.54) is 0 Å². The Morgan fingerprint density at radius 1 is 1.21 bits per heavy atom. The predicted molar refractivity (Wildman–Crippen MR) is 85.8 cm³/mol. The van der Waals surface area contributed by atoms with E-state index in [0.29, 0.717) is 6.61 Å². The lowest BCUT2D eigenvalue weighted by atomic mass is 10.2. The van der Waals surface area contributed by atoms with Crippen LogP contribution in [0, 0.1) is 0 Å². The molecule has 1 atom stereocenters. The minimum Gasteiger partial charge on any atom is -0.492 e. The van der Waals surface area contributed by atoms with Crippen LogP contribution in [0.4, 0.5) is 0 Å². The van der Waals surface area contributed by atoms with E-state index in [4.69, 9.17) is 9.47 Å². The van der Waals surface area contributed by atoms with Gasteiger partial charge in [0.25, 0.3) is 0 Å². The molecule has 108 valence electrons. The largest absolute Gasteiger partial charge is 0.492 e. The van der Waals surface area contributed by atoms with Gasteiger partial charge in [-0.3, -0.25) is 0 Å². The van der Waals surface area contributed by atoms with E-state index in [1.54, 1.807) is 0 Å². The Morgan fingerprint density at radius 2 is 1.95 bits per heavy atom. The number of nitrogens with one attached hydrogen (secondary N) is 1. The summed E-state index contributed by atoms with van der Waals surface area (Å²) >= 11 is 7.04. The highest BCUT2D eigenvalue weighted by Gasteiger charge is 2.10. The van der Waals surface area contributed by atoms with Crippen molar-refractivity contribution >= 4 is 31.9 Å². The SMILES string of the molecule is CCOc1c(Br)cc(Br)cc1CNCC(C)OCC. The van der Waals surface area contributed by atoms with Crippen molar-refractivity contribution in [1.82, 2.24) is 5.32 Å². The molecule has 0 heterocycles. The Hall–Kier alpha value is -0.100. The summed E-state index contributed by atoms with van der Waals surface area (Å²) in [4.78, 5) is 0. The summed E-state index contributed by atoms with van der Waals surface area (Å²) in [6.07, 6.45) is 0.219. The van der Waals surface area contributed by atoms with Crippen molar-refractivity contribution in [2.45, 2.75) is 33.4 Å². The molecule has 0 aliphatic rings. The summed E-state index contributed by atoms with van der Waals surface area (Å²) in [7, 11) is 0. The van der Waals surface area contributed by atoms with Gasteiger partial charge in [0.1, 0.15) is 5.75 Å². The lowest BCUT2D eigenvalue weighted by Gasteiger charge is -2.16. The number of benzene rings is 1. The van der Waals surface area contributed by atoms with E-state index in [9.17, 15) is 0 Å². The molecule has 0 saturated carbocycles. The number of rotatable bonds is 8. The molecule has 1 aromatic rings. The minimum absolute atomic E-state index is 0.219. The zero-order chi connectivity index (χ0) is 14.3. The maximum Gasteiger partial charge on any atom is 0.138 e. The molecule has 0 fully saturated rings. The van der Waals surface area contributed by atoms with Gasteiger partial charge in [-0.1, -0.05) is 15.9 Å². The van der Waals surface area contributed by atoms with Crippen molar-refractivity contribution in [3.8, 4) is 5.75 Å². The van der Waals surface area contributed by atoms with Gasteiger partial charge in [-0.25, -0.2) is 0 Å². The monoisotopic (exact) mass is 393 g/mol. The van der Waals surface area contributed by atoms with Crippen molar-refractivity contribution in [1.29, 1.82) is 0 Å². The molecular formula is C14H21Br2NO2. The molecule has 5 heteroatoms. The highest BCUT2D eigenvalue weighted by Crippen LogP contribution is 2.32. The smallest absolute Gasteiger partial charge is 0.138 e. The standard InChI is InChI=1S/C14H21Br2NO2/c1-4-18-10(3)8-17-9-11-6-12(15)7-13(16)14(11)19-5-2/h6-7,10,17H,4-5,8-9H2,1-3H3. The van der Waals surface area contributed by atoms with Gasteiger partial charge in [0.15, 0.2) is 0 Å². The fraction of sp³-hybridized carbons (Fsp3) is 0.571. The van der Waals surface area contributed by atoms with Gasteiger partial charge in [0.05, 0.1) is 17.2 Å². The van der Waals surface area contributed by atoms with E-state index in [2.05, 4.69) is 50.2 Å². The summed E-state index contributed by atoms with van der Waals surface area (Å²) in [5.41, 5.74) is 1.13. The van der Waals surface area contributed by atoms with Crippen LogP contribution in [0.5, 0.6) is 5.75 Å². The van der Waals surface area contributed by atoms with Gasteiger partial charge in [0, 0.05) is 29.7 Å². The summed E-state index contributed by atoms with van der Waals surface area (Å²) in [6, 6.07) is 4.07. The van der Waals surface area contributed by atoms with E-state index < -0.39 is 0 Å². The highest BCUT2D eigenvalue weighted by molar-refractivity contribution is 9.11. The van der Waals surface area contributed by atoms with Crippen molar-refractivity contribution < 1.29 is 9.47 Å². The quantitative estimate of drug-likeness (QED) is 0.719. The normalized spacial score (nSPS) is 12.5. The molecule has 3 nitrogen and oxygen atoms in total. The van der Waals surface area contributed by atoms with E-state index in [0.717, 1.165) is 40.0 Å². The molecule has 0 aliphatic carbocycles. The molecule has 0 amide bonds. The van der Waals surface area contributed by atoms with Gasteiger partial charge in [0.2, 0.25) is 0 Å².